The summed E-state index contributed by atoms with van der Waals surface area (Å²) in [5.74, 6) is 0. The number of benzene rings is 3. The van der Waals surface area contributed by atoms with Crippen LogP contribution in [0.3, 0.4) is 0 Å². The van der Waals surface area contributed by atoms with E-state index in [1.165, 1.54) is 25.6 Å². The molecule has 0 bridgehead atoms. The molecule has 0 aliphatic carbocycles. The van der Waals surface area contributed by atoms with Gasteiger partial charge in [-0.2, -0.15) is 0 Å². The van der Waals surface area contributed by atoms with Gasteiger partial charge in [0.25, 0.3) is 0 Å². The first kappa shape index (κ1) is 19.9. The summed E-state index contributed by atoms with van der Waals surface area (Å²) in [7, 11) is -0.361. The molecule has 0 saturated carbocycles. The smallest absolute Gasteiger partial charge is 0.399 e. The van der Waals surface area contributed by atoms with Gasteiger partial charge in [0.15, 0.2) is 0 Å². The largest absolute Gasteiger partial charge is 0.494 e. The van der Waals surface area contributed by atoms with E-state index in [2.05, 4.69) is 100 Å². The van der Waals surface area contributed by atoms with Crippen molar-refractivity contribution in [2.24, 2.45) is 0 Å². The van der Waals surface area contributed by atoms with Gasteiger partial charge < -0.3 is 9.31 Å². The first-order valence-electron chi connectivity index (χ1n) is 11.0. The lowest BCUT2D eigenvalue weighted by molar-refractivity contribution is 0.00578. The molecule has 158 valence electrons. The number of rotatable bonds is 2. The lowest BCUT2D eigenvalue weighted by Gasteiger charge is -2.32. The fourth-order valence-corrected chi connectivity index (χ4v) is 5.63. The summed E-state index contributed by atoms with van der Waals surface area (Å²) in [6, 6.07) is 25.5. The van der Waals surface area contributed by atoms with Crippen LogP contribution in [-0.2, 0) is 9.31 Å². The highest BCUT2D eigenvalue weighted by atomic mass is 32.1. The second kappa shape index (κ2) is 6.88. The molecule has 0 atom stereocenters. The van der Waals surface area contributed by atoms with Crippen molar-refractivity contribution in [3.63, 3.8) is 0 Å². The predicted octanol–water partition coefficient (Wildman–Crippen LogP) is 6.57. The summed E-state index contributed by atoms with van der Waals surface area (Å²) in [5, 5.41) is 3.70. The van der Waals surface area contributed by atoms with Crippen molar-refractivity contribution in [3.8, 4) is 11.3 Å². The van der Waals surface area contributed by atoms with Crippen molar-refractivity contribution in [1.82, 2.24) is 4.98 Å². The van der Waals surface area contributed by atoms with E-state index in [4.69, 9.17) is 14.3 Å². The molecule has 3 aromatic carbocycles. The van der Waals surface area contributed by atoms with E-state index in [0.717, 1.165) is 22.2 Å². The molecule has 0 unspecified atom stereocenters. The summed E-state index contributed by atoms with van der Waals surface area (Å²) < 4.78 is 15.0. The van der Waals surface area contributed by atoms with Crippen molar-refractivity contribution in [3.05, 3.63) is 72.8 Å². The number of nitrogens with zero attached hydrogens (tertiary/aromatic N) is 1. The molecule has 32 heavy (non-hydrogen) atoms. The second-order valence-corrected chi connectivity index (χ2v) is 10.5. The van der Waals surface area contributed by atoms with Gasteiger partial charge in [-0.3, -0.25) is 0 Å². The highest BCUT2D eigenvalue weighted by molar-refractivity contribution is 7.26. The van der Waals surface area contributed by atoms with Crippen LogP contribution in [0.25, 0.3) is 42.3 Å². The van der Waals surface area contributed by atoms with Crippen LogP contribution in [-0.4, -0.2) is 23.3 Å². The normalized spacial score (nSPS) is 17.6. The van der Waals surface area contributed by atoms with E-state index in [1.54, 1.807) is 0 Å². The molecule has 5 heteroatoms. The lowest BCUT2D eigenvalue weighted by atomic mass is 9.78. The van der Waals surface area contributed by atoms with Crippen molar-refractivity contribution in [2.45, 2.75) is 38.9 Å². The quantitative estimate of drug-likeness (QED) is 0.293. The van der Waals surface area contributed by atoms with Crippen molar-refractivity contribution in [2.75, 3.05) is 0 Å². The van der Waals surface area contributed by atoms with E-state index >= 15 is 0 Å². The number of hydrogen-bond donors (Lipinski definition) is 0. The van der Waals surface area contributed by atoms with E-state index < -0.39 is 0 Å². The number of fused-ring (bicyclic) bond motifs is 5. The molecular formula is C27H24BNO2S. The van der Waals surface area contributed by atoms with E-state index in [1.807, 2.05) is 11.3 Å². The molecule has 1 saturated heterocycles. The Morgan fingerprint density at radius 3 is 2.09 bits per heavy atom. The molecule has 6 rings (SSSR count). The van der Waals surface area contributed by atoms with Crippen LogP contribution in [0, 0.1) is 0 Å². The first-order valence-corrected chi connectivity index (χ1v) is 11.8. The fraction of sp³-hybridized carbons (Fsp3) is 0.222. The summed E-state index contributed by atoms with van der Waals surface area (Å²) >= 11 is 1.84. The van der Waals surface area contributed by atoms with Gasteiger partial charge in [0.05, 0.1) is 22.4 Å². The Bertz CT molecular complexity index is 1470. The molecule has 2 aromatic heterocycles. The second-order valence-electron chi connectivity index (χ2n) is 9.49. The third-order valence-corrected chi connectivity index (χ3v) is 8.13. The Labute approximate surface area is 192 Å². The van der Waals surface area contributed by atoms with Gasteiger partial charge in [0.2, 0.25) is 0 Å². The maximum Gasteiger partial charge on any atom is 0.494 e. The predicted molar refractivity (Wildman–Crippen MR) is 136 cm³/mol. The maximum atomic E-state index is 6.23. The zero-order chi connectivity index (χ0) is 22.1. The zero-order valence-corrected chi connectivity index (χ0v) is 19.5. The minimum Gasteiger partial charge on any atom is -0.399 e. The fourth-order valence-electron chi connectivity index (χ4n) is 4.40. The molecule has 0 N–H and O–H groups in total. The molecule has 0 spiro atoms. The minimum absolute atomic E-state index is 0.349. The van der Waals surface area contributed by atoms with Gasteiger partial charge in [0.1, 0.15) is 0 Å². The molecule has 0 radical (unpaired) electrons. The number of para-hydroxylation sites is 1. The summed E-state index contributed by atoms with van der Waals surface area (Å²) in [4.78, 5) is 5.11. The molecular weight excluding hydrogens is 413 g/mol. The van der Waals surface area contributed by atoms with Gasteiger partial charge in [-0.1, -0.05) is 60.7 Å². The Kier molecular flexibility index (Phi) is 4.29. The van der Waals surface area contributed by atoms with Gasteiger partial charge in [0, 0.05) is 31.1 Å². The molecule has 1 aliphatic rings. The van der Waals surface area contributed by atoms with Gasteiger partial charge in [-0.15, -0.1) is 11.3 Å². The van der Waals surface area contributed by atoms with Crippen LogP contribution >= 0.6 is 11.3 Å². The average molecular weight is 437 g/mol. The van der Waals surface area contributed by atoms with Crippen LogP contribution in [0.5, 0.6) is 0 Å². The number of pyridine rings is 1. The minimum atomic E-state index is -0.361. The van der Waals surface area contributed by atoms with Crippen molar-refractivity contribution in [1.29, 1.82) is 0 Å². The molecule has 3 nitrogen and oxygen atoms in total. The summed E-state index contributed by atoms with van der Waals surface area (Å²) in [5.41, 5.74) is 3.48. The van der Waals surface area contributed by atoms with E-state index in [-0.39, 0.29) is 18.3 Å². The molecule has 1 aliphatic heterocycles. The average Bonchev–Trinajstić information content (AvgIpc) is 3.27. The van der Waals surface area contributed by atoms with Gasteiger partial charge in [-0.25, -0.2) is 4.98 Å². The zero-order valence-electron chi connectivity index (χ0n) is 18.7. The maximum absolute atomic E-state index is 6.23. The highest BCUT2D eigenvalue weighted by Crippen LogP contribution is 2.42. The van der Waals surface area contributed by atoms with E-state index in [9.17, 15) is 0 Å². The third-order valence-electron chi connectivity index (χ3n) is 6.92. The topological polar surface area (TPSA) is 31.4 Å². The van der Waals surface area contributed by atoms with Crippen LogP contribution in [0.2, 0.25) is 0 Å². The first-order chi connectivity index (χ1) is 15.3. The Hall–Kier alpha value is -2.73. The van der Waals surface area contributed by atoms with Crippen LogP contribution in [0.1, 0.15) is 27.7 Å². The number of thiophene rings is 1. The standard InChI is InChI=1S/C27H24BNO2S/c1-26(2)27(3,4)31-28(30-26)18-15-13-17(14-16-18)24-23-20-10-6-8-12-22(20)32-25(23)19-9-5-7-11-21(19)29-24/h5-16H,1-4H3. The molecule has 5 aromatic rings. The van der Waals surface area contributed by atoms with Crippen LogP contribution in [0.4, 0.5) is 0 Å². The monoisotopic (exact) mass is 437 g/mol. The summed E-state index contributed by atoms with van der Waals surface area (Å²) in [6.07, 6.45) is 0. The lowest BCUT2D eigenvalue weighted by Crippen LogP contribution is -2.41. The van der Waals surface area contributed by atoms with Gasteiger partial charge in [-0.05, 0) is 45.3 Å². The highest BCUT2D eigenvalue weighted by Gasteiger charge is 2.51. The Balaban J connectivity index is 1.51. The van der Waals surface area contributed by atoms with Crippen molar-refractivity contribution < 1.29 is 9.31 Å². The van der Waals surface area contributed by atoms with Gasteiger partial charge >= 0.3 is 7.12 Å². The van der Waals surface area contributed by atoms with Crippen LogP contribution in [0.15, 0.2) is 72.8 Å². The molecule has 0 amide bonds. The Morgan fingerprint density at radius 1 is 0.750 bits per heavy atom. The number of aromatic nitrogens is 1. The molecule has 1 fully saturated rings. The third kappa shape index (κ3) is 2.92. The van der Waals surface area contributed by atoms with Crippen molar-refractivity contribution >= 4 is 55.0 Å². The molecule has 3 heterocycles. The SMILES string of the molecule is CC1(C)OB(c2ccc(-c3nc4ccccc4c4sc5ccccc5c34)cc2)OC1(C)C. The summed E-state index contributed by atoms with van der Waals surface area (Å²) in [6.45, 7) is 8.33. The van der Waals surface area contributed by atoms with Crippen LogP contribution < -0.4 is 5.46 Å². The number of hydrogen-bond acceptors (Lipinski definition) is 4. The Morgan fingerprint density at radius 2 is 1.38 bits per heavy atom. The van der Waals surface area contributed by atoms with E-state index in [0.29, 0.717) is 0 Å².